The third-order valence-electron chi connectivity index (χ3n) is 6.40. The lowest BCUT2D eigenvalue weighted by Crippen LogP contribution is -2.61. The minimum absolute atomic E-state index is 0.805. The van der Waals surface area contributed by atoms with Crippen LogP contribution in [0.15, 0.2) is 0 Å². The molecule has 2 atom stereocenters. The molecular formula is C19H36N2. The zero-order valence-corrected chi connectivity index (χ0v) is 14.4. The molecule has 0 aromatic heterocycles. The van der Waals surface area contributed by atoms with E-state index in [9.17, 15) is 0 Å². The normalized spacial score (nSPS) is 33.3. The number of hydrogen-bond donors (Lipinski definition) is 0. The highest BCUT2D eigenvalue weighted by Gasteiger charge is 2.36. The lowest BCUT2D eigenvalue weighted by atomic mass is 9.86. The molecule has 0 radical (unpaired) electrons. The van der Waals surface area contributed by atoms with Crippen LogP contribution in [0.4, 0.5) is 0 Å². The van der Waals surface area contributed by atoms with Crippen LogP contribution in [-0.4, -0.2) is 48.1 Å². The molecule has 2 aliphatic heterocycles. The maximum atomic E-state index is 2.88. The van der Waals surface area contributed by atoms with E-state index in [0.717, 1.165) is 23.9 Å². The van der Waals surface area contributed by atoms with Crippen molar-refractivity contribution in [3.63, 3.8) is 0 Å². The second-order valence-corrected chi connectivity index (χ2v) is 8.24. The molecule has 2 heterocycles. The Morgan fingerprint density at radius 2 is 1.67 bits per heavy atom. The van der Waals surface area contributed by atoms with E-state index >= 15 is 0 Å². The summed E-state index contributed by atoms with van der Waals surface area (Å²) in [5.74, 6) is 1.84. The first-order chi connectivity index (χ1) is 10.2. The van der Waals surface area contributed by atoms with Crippen molar-refractivity contribution in [1.29, 1.82) is 0 Å². The second kappa shape index (κ2) is 7.46. The van der Waals surface area contributed by atoms with Crippen molar-refractivity contribution in [2.24, 2.45) is 11.8 Å². The van der Waals surface area contributed by atoms with Crippen LogP contribution in [0, 0.1) is 11.8 Å². The van der Waals surface area contributed by atoms with Gasteiger partial charge >= 0.3 is 0 Å². The molecule has 2 heteroatoms. The van der Waals surface area contributed by atoms with E-state index in [1.807, 2.05) is 0 Å². The molecule has 2 saturated heterocycles. The quantitative estimate of drug-likeness (QED) is 0.768. The fourth-order valence-corrected chi connectivity index (χ4v) is 4.98. The molecule has 0 aromatic rings. The zero-order valence-electron chi connectivity index (χ0n) is 14.4. The molecule has 2 unspecified atom stereocenters. The van der Waals surface area contributed by atoms with E-state index in [4.69, 9.17) is 0 Å². The van der Waals surface area contributed by atoms with Crippen molar-refractivity contribution in [3.05, 3.63) is 0 Å². The third kappa shape index (κ3) is 4.01. The van der Waals surface area contributed by atoms with Crippen molar-refractivity contribution in [1.82, 2.24) is 9.80 Å². The van der Waals surface area contributed by atoms with Crippen molar-refractivity contribution in [2.45, 2.75) is 83.7 Å². The summed E-state index contributed by atoms with van der Waals surface area (Å²) in [6.45, 7) is 10.3. The SMILES string of the molecule is CC(C)C1CN2CCCCC2CN1CCC1CCCCC1. The Morgan fingerprint density at radius 3 is 2.43 bits per heavy atom. The summed E-state index contributed by atoms with van der Waals surface area (Å²) < 4.78 is 0. The molecule has 0 aromatic carbocycles. The van der Waals surface area contributed by atoms with Crippen LogP contribution in [0.25, 0.3) is 0 Å². The average molecular weight is 293 g/mol. The predicted octanol–water partition coefficient (Wildman–Crippen LogP) is 4.15. The van der Waals surface area contributed by atoms with Crippen LogP contribution in [0.2, 0.25) is 0 Å². The van der Waals surface area contributed by atoms with Gasteiger partial charge in [0, 0.05) is 25.2 Å². The average Bonchev–Trinajstić information content (AvgIpc) is 2.53. The number of nitrogens with zero attached hydrogens (tertiary/aromatic N) is 2. The Morgan fingerprint density at radius 1 is 0.905 bits per heavy atom. The van der Waals surface area contributed by atoms with Crippen LogP contribution in [0.1, 0.15) is 71.6 Å². The van der Waals surface area contributed by atoms with Gasteiger partial charge in [0.05, 0.1) is 0 Å². The smallest absolute Gasteiger partial charge is 0.0246 e. The molecule has 3 rings (SSSR count). The van der Waals surface area contributed by atoms with E-state index in [1.54, 1.807) is 0 Å². The van der Waals surface area contributed by atoms with Gasteiger partial charge in [-0.05, 0) is 44.2 Å². The van der Waals surface area contributed by atoms with Gasteiger partial charge in [0.15, 0.2) is 0 Å². The molecule has 0 N–H and O–H groups in total. The van der Waals surface area contributed by atoms with Crippen LogP contribution in [-0.2, 0) is 0 Å². The van der Waals surface area contributed by atoms with Crippen LogP contribution < -0.4 is 0 Å². The Balaban J connectivity index is 1.55. The Hall–Kier alpha value is -0.0800. The molecule has 1 saturated carbocycles. The van der Waals surface area contributed by atoms with Gasteiger partial charge in [0.25, 0.3) is 0 Å². The molecule has 0 bridgehead atoms. The first kappa shape index (κ1) is 15.8. The highest BCUT2D eigenvalue weighted by molar-refractivity contribution is 4.92. The first-order valence-corrected chi connectivity index (χ1v) is 9.72. The van der Waals surface area contributed by atoms with Crippen LogP contribution in [0.3, 0.4) is 0 Å². The lowest BCUT2D eigenvalue weighted by molar-refractivity contribution is -0.0104. The molecular weight excluding hydrogens is 256 g/mol. The molecule has 3 fully saturated rings. The van der Waals surface area contributed by atoms with Crippen molar-refractivity contribution < 1.29 is 0 Å². The maximum Gasteiger partial charge on any atom is 0.0246 e. The standard InChI is InChI=1S/C19H36N2/c1-16(2)19-15-20-12-7-6-10-18(20)14-21(19)13-11-17-8-4-3-5-9-17/h16-19H,3-15H2,1-2H3. The van der Waals surface area contributed by atoms with Gasteiger partial charge < -0.3 is 0 Å². The molecule has 122 valence electrons. The Kier molecular flexibility index (Phi) is 5.61. The maximum absolute atomic E-state index is 2.88. The van der Waals surface area contributed by atoms with E-state index < -0.39 is 0 Å². The van der Waals surface area contributed by atoms with Gasteiger partial charge in [0.1, 0.15) is 0 Å². The summed E-state index contributed by atoms with van der Waals surface area (Å²) in [5.41, 5.74) is 0. The van der Waals surface area contributed by atoms with Gasteiger partial charge in [-0.3, -0.25) is 9.80 Å². The number of hydrogen-bond acceptors (Lipinski definition) is 2. The minimum Gasteiger partial charge on any atom is -0.298 e. The molecule has 0 amide bonds. The van der Waals surface area contributed by atoms with Crippen molar-refractivity contribution >= 4 is 0 Å². The summed E-state index contributed by atoms with van der Waals surface area (Å²) in [6.07, 6.45) is 13.3. The van der Waals surface area contributed by atoms with E-state index in [-0.39, 0.29) is 0 Å². The highest BCUT2D eigenvalue weighted by Crippen LogP contribution is 2.30. The largest absolute Gasteiger partial charge is 0.298 e. The topological polar surface area (TPSA) is 6.48 Å². The van der Waals surface area contributed by atoms with Gasteiger partial charge in [-0.15, -0.1) is 0 Å². The van der Waals surface area contributed by atoms with Crippen LogP contribution in [0.5, 0.6) is 0 Å². The first-order valence-electron chi connectivity index (χ1n) is 9.72. The highest BCUT2D eigenvalue weighted by atomic mass is 15.3. The number of piperidine rings is 1. The molecule has 3 aliphatic rings. The summed E-state index contributed by atoms with van der Waals surface area (Å²) >= 11 is 0. The number of piperazine rings is 1. The van der Waals surface area contributed by atoms with E-state index in [2.05, 4.69) is 23.6 Å². The molecule has 21 heavy (non-hydrogen) atoms. The Bertz CT molecular complexity index is 309. The van der Waals surface area contributed by atoms with Gasteiger partial charge in [-0.25, -0.2) is 0 Å². The Labute approximate surface area is 132 Å². The van der Waals surface area contributed by atoms with E-state index in [0.29, 0.717) is 0 Å². The second-order valence-electron chi connectivity index (χ2n) is 8.24. The number of rotatable bonds is 4. The van der Waals surface area contributed by atoms with Gasteiger partial charge in [-0.2, -0.15) is 0 Å². The molecule has 1 aliphatic carbocycles. The van der Waals surface area contributed by atoms with Crippen molar-refractivity contribution in [3.8, 4) is 0 Å². The summed E-state index contributed by atoms with van der Waals surface area (Å²) in [5, 5.41) is 0. The van der Waals surface area contributed by atoms with Gasteiger partial charge in [-0.1, -0.05) is 52.4 Å². The van der Waals surface area contributed by atoms with Crippen LogP contribution >= 0.6 is 0 Å². The van der Waals surface area contributed by atoms with E-state index in [1.165, 1.54) is 84.0 Å². The zero-order chi connectivity index (χ0) is 14.7. The monoisotopic (exact) mass is 292 g/mol. The summed E-state index contributed by atoms with van der Waals surface area (Å²) in [7, 11) is 0. The predicted molar refractivity (Wildman–Crippen MR) is 90.6 cm³/mol. The number of fused-ring (bicyclic) bond motifs is 1. The molecule has 2 nitrogen and oxygen atoms in total. The minimum atomic E-state index is 0.805. The summed E-state index contributed by atoms with van der Waals surface area (Å²) in [4.78, 5) is 5.69. The fraction of sp³-hybridized carbons (Fsp3) is 1.00. The third-order valence-corrected chi connectivity index (χ3v) is 6.40. The van der Waals surface area contributed by atoms with Crippen molar-refractivity contribution in [2.75, 3.05) is 26.2 Å². The van der Waals surface area contributed by atoms with Gasteiger partial charge in [0.2, 0.25) is 0 Å². The molecule has 0 spiro atoms. The fourth-order valence-electron chi connectivity index (χ4n) is 4.98. The summed E-state index contributed by atoms with van der Waals surface area (Å²) in [6, 6.07) is 1.68. The lowest BCUT2D eigenvalue weighted by Gasteiger charge is -2.50.